The number of fused-ring (bicyclic) bond motifs is 1. The Labute approximate surface area is 168 Å². The molecule has 3 aromatic heterocycles. The third-order valence-electron chi connectivity index (χ3n) is 5.14. The number of nitrogens with one attached hydrogen (secondary N) is 1. The Morgan fingerprint density at radius 3 is 2.66 bits per heavy atom. The van der Waals surface area contributed by atoms with Crippen molar-refractivity contribution in [3.05, 3.63) is 66.2 Å². The molecule has 0 bridgehead atoms. The van der Waals surface area contributed by atoms with E-state index in [9.17, 15) is 4.79 Å². The van der Waals surface area contributed by atoms with Gasteiger partial charge >= 0.3 is 0 Å². The topological polar surface area (TPSA) is 77.6 Å². The summed E-state index contributed by atoms with van der Waals surface area (Å²) >= 11 is 0. The van der Waals surface area contributed by atoms with Crippen molar-refractivity contribution in [1.29, 1.82) is 0 Å². The van der Waals surface area contributed by atoms with Crippen LogP contribution in [0, 0.1) is 0 Å². The molecule has 1 saturated carbocycles. The van der Waals surface area contributed by atoms with E-state index < -0.39 is 0 Å². The Kier molecular flexibility index (Phi) is 4.16. The summed E-state index contributed by atoms with van der Waals surface area (Å²) in [5.74, 6) is 0.261. The average molecular weight is 386 g/mol. The second kappa shape index (κ2) is 6.84. The van der Waals surface area contributed by atoms with E-state index in [-0.39, 0.29) is 11.9 Å². The van der Waals surface area contributed by atoms with Gasteiger partial charge in [0.2, 0.25) is 0 Å². The lowest BCUT2D eigenvalue weighted by molar-refractivity contribution is 0.101. The zero-order valence-corrected chi connectivity index (χ0v) is 16.4. The Morgan fingerprint density at radius 1 is 1.14 bits per heavy atom. The Balaban J connectivity index is 1.47. The minimum Gasteiger partial charge on any atom is -0.319 e. The molecule has 1 fully saturated rings. The molecule has 0 saturated heterocycles. The first kappa shape index (κ1) is 17.6. The van der Waals surface area contributed by atoms with Crippen LogP contribution >= 0.6 is 0 Å². The predicted molar refractivity (Wildman–Crippen MR) is 111 cm³/mol. The monoisotopic (exact) mass is 386 g/mol. The lowest BCUT2D eigenvalue weighted by Crippen LogP contribution is -2.17. The maximum Gasteiger partial charge on any atom is 0.274 e. The van der Waals surface area contributed by atoms with Crippen LogP contribution in [0.15, 0.2) is 54.9 Å². The molecule has 7 nitrogen and oxygen atoms in total. The van der Waals surface area contributed by atoms with Crippen LogP contribution in [0.3, 0.4) is 0 Å². The number of amides is 1. The van der Waals surface area contributed by atoms with Crippen molar-refractivity contribution in [2.45, 2.75) is 38.6 Å². The van der Waals surface area contributed by atoms with Gasteiger partial charge in [-0.2, -0.15) is 10.2 Å². The molecule has 0 atom stereocenters. The number of anilines is 1. The van der Waals surface area contributed by atoms with Gasteiger partial charge in [-0.3, -0.25) is 4.79 Å². The summed E-state index contributed by atoms with van der Waals surface area (Å²) in [6.45, 7) is 4.12. The fourth-order valence-electron chi connectivity index (χ4n) is 3.49. The van der Waals surface area contributed by atoms with Crippen molar-refractivity contribution >= 4 is 22.6 Å². The summed E-state index contributed by atoms with van der Waals surface area (Å²) < 4.78 is 3.60. The molecule has 1 N–H and O–H groups in total. The van der Waals surface area contributed by atoms with Crippen molar-refractivity contribution in [2.24, 2.45) is 0 Å². The molecule has 29 heavy (non-hydrogen) atoms. The van der Waals surface area contributed by atoms with Gasteiger partial charge in [0.15, 0.2) is 5.65 Å². The van der Waals surface area contributed by atoms with Gasteiger partial charge in [-0.1, -0.05) is 18.2 Å². The molecular formula is C22H22N6O. The second-order valence-electron chi connectivity index (χ2n) is 7.75. The molecular weight excluding hydrogens is 364 g/mol. The van der Waals surface area contributed by atoms with Gasteiger partial charge in [-0.25, -0.2) is 14.3 Å². The van der Waals surface area contributed by atoms with Crippen LogP contribution in [0.5, 0.6) is 0 Å². The molecule has 1 aromatic carbocycles. The van der Waals surface area contributed by atoms with E-state index in [1.54, 1.807) is 17.1 Å². The number of pyridine rings is 1. The quantitative estimate of drug-likeness (QED) is 0.554. The minimum absolute atomic E-state index is 0.203. The predicted octanol–water partition coefficient (Wildman–Crippen LogP) is 4.33. The van der Waals surface area contributed by atoms with Gasteiger partial charge in [0, 0.05) is 17.3 Å². The van der Waals surface area contributed by atoms with Crippen LogP contribution in [0.25, 0.3) is 16.7 Å². The van der Waals surface area contributed by atoms with Crippen LogP contribution in [0.4, 0.5) is 5.69 Å². The van der Waals surface area contributed by atoms with Gasteiger partial charge in [0.05, 0.1) is 29.5 Å². The highest BCUT2D eigenvalue weighted by Gasteiger charge is 2.29. The van der Waals surface area contributed by atoms with E-state index in [4.69, 9.17) is 5.10 Å². The normalized spacial score (nSPS) is 13.9. The van der Waals surface area contributed by atoms with Crippen LogP contribution in [-0.2, 0) is 0 Å². The molecule has 0 spiro atoms. The number of hydrogen-bond donors (Lipinski definition) is 1. The minimum atomic E-state index is -0.203. The van der Waals surface area contributed by atoms with E-state index in [2.05, 4.69) is 29.2 Å². The van der Waals surface area contributed by atoms with Gasteiger partial charge in [-0.05, 0) is 51.0 Å². The lowest BCUT2D eigenvalue weighted by Gasteiger charge is -2.09. The Bertz CT molecular complexity index is 1190. The number of benzene rings is 1. The number of carbonyl (C=O) groups is 1. The standard InChI is InChI=1S/C22H22N6O/c1-14(2)27-21-16(12-24-27)10-17(13-23-21)25-22(29)20-11-19(15-8-9-15)26-28(20)18-6-4-3-5-7-18/h3-7,10-15H,8-9H2,1-2H3,(H,25,29). The number of nitrogens with zero attached hydrogens (tertiary/aromatic N) is 5. The number of para-hydroxylation sites is 1. The smallest absolute Gasteiger partial charge is 0.274 e. The number of hydrogen-bond acceptors (Lipinski definition) is 4. The van der Waals surface area contributed by atoms with Crippen molar-refractivity contribution in [2.75, 3.05) is 5.32 Å². The van der Waals surface area contributed by atoms with Crippen molar-refractivity contribution in [1.82, 2.24) is 24.5 Å². The molecule has 0 aliphatic heterocycles. The highest BCUT2D eigenvalue weighted by Crippen LogP contribution is 2.39. The molecule has 146 valence electrons. The molecule has 4 aromatic rings. The summed E-state index contributed by atoms with van der Waals surface area (Å²) in [5.41, 5.74) is 3.82. The highest BCUT2D eigenvalue weighted by molar-refractivity contribution is 6.04. The first-order valence-electron chi connectivity index (χ1n) is 9.90. The van der Waals surface area contributed by atoms with Gasteiger partial charge in [0.25, 0.3) is 5.91 Å². The summed E-state index contributed by atoms with van der Waals surface area (Å²) in [7, 11) is 0. The molecule has 7 heteroatoms. The van der Waals surface area contributed by atoms with Gasteiger partial charge < -0.3 is 5.32 Å². The van der Waals surface area contributed by atoms with E-state index in [1.807, 2.05) is 47.1 Å². The fraction of sp³-hybridized carbons (Fsp3) is 0.273. The largest absolute Gasteiger partial charge is 0.319 e. The summed E-state index contributed by atoms with van der Waals surface area (Å²) in [4.78, 5) is 17.6. The highest BCUT2D eigenvalue weighted by atomic mass is 16.2. The molecule has 1 amide bonds. The maximum atomic E-state index is 13.1. The first-order valence-corrected chi connectivity index (χ1v) is 9.90. The van der Waals surface area contributed by atoms with Crippen molar-refractivity contribution in [3.63, 3.8) is 0 Å². The summed E-state index contributed by atoms with van der Waals surface area (Å²) in [6, 6.07) is 13.8. The number of aromatic nitrogens is 5. The Morgan fingerprint density at radius 2 is 1.93 bits per heavy atom. The average Bonchev–Trinajstić information content (AvgIpc) is 3.33. The van der Waals surface area contributed by atoms with E-state index in [0.717, 1.165) is 35.3 Å². The third kappa shape index (κ3) is 3.29. The van der Waals surface area contributed by atoms with E-state index in [0.29, 0.717) is 17.3 Å². The molecule has 3 heterocycles. The van der Waals surface area contributed by atoms with E-state index >= 15 is 0 Å². The molecule has 5 rings (SSSR count). The van der Waals surface area contributed by atoms with Gasteiger partial charge in [0.1, 0.15) is 5.69 Å². The molecule has 1 aliphatic carbocycles. The summed E-state index contributed by atoms with van der Waals surface area (Å²) in [5, 5.41) is 13.0. The third-order valence-corrected chi connectivity index (χ3v) is 5.14. The van der Waals surface area contributed by atoms with Crippen molar-refractivity contribution in [3.8, 4) is 5.69 Å². The van der Waals surface area contributed by atoms with Crippen LogP contribution in [0.1, 0.15) is 54.8 Å². The fourth-order valence-corrected chi connectivity index (χ4v) is 3.49. The maximum absolute atomic E-state index is 13.1. The number of carbonyl (C=O) groups excluding carboxylic acids is 1. The first-order chi connectivity index (χ1) is 14.1. The number of rotatable bonds is 5. The van der Waals surface area contributed by atoms with Crippen LogP contribution < -0.4 is 5.32 Å². The lowest BCUT2D eigenvalue weighted by atomic mass is 10.2. The second-order valence-corrected chi connectivity index (χ2v) is 7.75. The van der Waals surface area contributed by atoms with Gasteiger partial charge in [-0.15, -0.1) is 0 Å². The SMILES string of the molecule is CC(C)n1ncc2cc(NC(=O)c3cc(C4CC4)nn3-c3ccccc3)cnc21. The van der Waals surface area contributed by atoms with E-state index in [1.165, 1.54) is 0 Å². The Hall–Kier alpha value is -3.48. The van der Waals surface area contributed by atoms with Crippen LogP contribution in [0.2, 0.25) is 0 Å². The molecule has 0 radical (unpaired) electrons. The summed E-state index contributed by atoms with van der Waals surface area (Å²) in [6.07, 6.45) is 5.71. The molecule has 0 unspecified atom stereocenters. The zero-order chi connectivity index (χ0) is 20.0. The molecule has 1 aliphatic rings. The van der Waals surface area contributed by atoms with Crippen LogP contribution in [-0.4, -0.2) is 30.5 Å². The zero-order valence-electron chi connectivity index (χ0n) is 16.4. The van der Waals surface area contributed by atoms with Crippen molar-refractivity contribution < 1.29 is 4.79 Å².